The summed E-state index contributed by atoms with van der Waals surface area (Å²) in [4.78, 5) is 29.5. The summed E-state index contributed by atoms with van der Waals surface area (Å²) in [6, 6.07) is 7.34. The monoisotopic (exact) mass is 375 g/mol. The molecule has 4 rings (SSSR count). The van der Waals surface area contributed by atoms with Gasteiger partial charge in [0.05, 0.1) is 12.0 Å². The summed E-state index contributed by atoms with van der Waals surface area (Å²) in [7, 11) is 0. The van der Waals surface area contributed by atoms with E-state index in [0.29, 0.717) is 24.0 Å². The molecule has 3 aliphatic rings. The fourth-order valence-corrected chi connectivity index (χ4v) is 4.30. The summed E-state index contributed by atoms with van der Waals surface area (Å²) in [5, 5.41) is 3.74. The van der Waals surface area contributed by atoms with Gasteiger partial charge in [0, 0.05) is 30.3 Å². The van der Waals surface area contributed by atoms with Crippen LogP contribution in [0, 0.1) is 11.8 Å². The molecule has 1 N–H and O–H groups in total. The van der Waals surface area contributed by atoms with Gasteiger partial charge in [0.1, 0.15) is 0 Å². The van der Waals surface area contributed by atoms with Crippen molar-refractivity contribution in [2.45, 2.75) is 38.1 Å². The fourth-order valence-electron chi connectivity index (χ4n) is 4.12. The second kappa shape index (κ2) is 7.57. The van der Waals surface area contributed by atoms with E-state index < -0.39 is 0 Å². The third-order valence-corrected chi connectivity index (χ3v) is 6.06. The molecule has 2 amide bonds. The lowest BCUT2D eigenvalue weighted by molar-refractivity contribution is -0.129. The third-order valence-electron chi connectivity index (χ3n) is 5.82. The first-order valence-corrected chi connectivity index (χ1v) is 10.1. The van der Waals surface area contributed by atoms with Gasteiger partial charge in [-0.2, -0.15) is 0 Å². The first kappa shape index (κ1) is 17.8. The van der Waals surface area contributed by atoms with Gasteiger partial charge in [-0.25, -0.2) is 0 Å². The van der Waals surface area contributed by atoms with E-state index >= 15 is 0 Å². The number of piperidine rings is 1. The Hall–Kier alpha value is -1.59. The summed E-state index contributed by atoms with van der Waals surface area (Å²) >= 11 is 6.07. The van der Waals surface area contributed by atoms with E-state index in [9.17, 15) is 9.59 Å². The lowest BCUT2D eigenvalue weighted by Gasteiger charge is -2.35. The molecule has 1 aromatic rings. The van der Waals surface area contributed by atoms with Crippen molar-refractivity contribution < 1.29 is 9.59 Å². The van der Waals surface area contributed by atoms with Gasteiger partial charge in [-0.15, -0.1) is 0 Å². The molecule has 3 fully saturated rings. The van der Waals surface area contributed by atoms with Gasteiger partial charge in [-0.05, 0) is 62.8 Å². The van der Waals surface area contributed by atoms with Gasteiger partial charge < -0.3 is 10.2 Å². The van der Waals surface area contributed by atoms with Crippen LogP contribution in [0.3, 0.4) is 0 Å². The van der Waals surface area contributed by atoms with Crippen LogP contribution in [-0.4, -0.2) is 48.9 Å². The van der Waals surface area contributed by atoms with Crippen molar-refractivity contribution in [3.05, 3.63) is 29.3 Å². The van der Waals surface area contributed by atoms with Crippen LogP contribution in [0.15, 0.2) is 24.3 Å². The van der Waals surface area contributed by atoms with Gasteiger partial charge in [0.2, 0.25) is 11.8 Å². The highest BCUT2D eigenvalue weighted by Crippen LogP contribution is 2.30. The molecule has 26 heavy (non-hydrogen) atoms. The predicted octanol–water partition coefficient (Wildman–Crippen LogP) is 2.68. The Morgan fingerprint density at radius 3 is 2.81 bits per heavy atom. The van der Waals surface area contributed by atoms with E-state index in [1.165, 1.54) is 12.8 Å². The average molecular weight is 376 g/mol. The van der Waals surface area contributed by atoms with Gasteiger partial charge >= 0.3 is 0 Å². The first-order chi connectivity index (χ1) is 12.6. The van der Waals surface area contributed by atoms with Crippen molar-refractivity contribution in [1.82, 2.24) is 10.2 Å². The lowest BCUT2D eigenvalue weighted by atomic mass is 9.95. The highest BCUT2D eigenvalue weighted by atomic mass is 35.5. The maximum Gasteiger partial charge on any atom is 0.244 e. The summed E-state index contributed by atoms with van der Waals surface area (Å²) < 4.78 is 0. The van der Waals surface area contributed by atoms with Crippen molar-refractivity contribution >= 4 is 29.1 Å². The SMILES string of the molecule is O=C(NCC1CC1)C1CCCN(C2CCN(c3cccc(Cl)c3)C2=O)C1. The summed E-state index contributed by atoms with van der Waals surface area (Å²) in [5.41, 5.74) is 0.862. The highest BCUT2D eigenvalue weighted by Gasteiger charge is 2.39. The molecular weight excluding hydrogens is 350 g/mol. The van der Waals surface area contributed by atoms with E-state index in [2.05, 4.69) is 10.2 Å². The Labute approximate surface area is 159 Å². The summed E-state index contributed by atoms with van der Waals surface area (Å²) in [5.74, 6) is 1.00. The van der Waals surface area contributed by atoms with Crippen molar-refractivity contribution in [2.75, 3.05) is 31.1 Å². The largest absolute Gasteiger partial charge is 0.356 e. The Kier molecular flexibility index (Phi) is 5.18. The highest BCUT2D eigenvalue weighted by molar-refractivity contribution is 6.31. The van der Waals surface area contributed by atoms with Crippen LogP contribution in [0.4, 0.5) is 5.69 Å². The maximum absolute atomic E-state index is 13.0. The molecule has 2 heterocycles. The molecule has 1 saturated carbocycles. The molecule has 2 atom stereocenters. The molecule has 5 nitrogen and oxygen atoms in total. The zero-order chi connectivity index (χ0) is 18.1. The number of hydrogen-bond donors (Lipinski definition) is 1. The molecule has 2 aliphatic heterocycles. The molecule has 0 spiro atoms. The standard InChI is InChI=1S/C20H26ClN3O2/c21-16-4-1-5-17(11-16)24-10-8-18(20(24)26)23-9-2-3-15(13-23)19(25)22-12-14-6-7-14/h1,4-5,11,14-15,18H,2-3,6-10,12-13H2,(H,22,25). The number of benzene rings is 1. The fraction of sp³-hybridized carbons (Fsp3) is 0.600. The van der Waals surface area contributed by atoms with Gasteiger partial charge in [-0.1, -0.05) is 17.7 Å². The average Bonchev–Trinajstić information content (AvgIpc) is 3.40. The van der Waals surface area contributed by atoms with Crippen LogP contribution < -0.4 is 10.2 Å². The Balaban J connectivity index is 1.37. The van der Waals surface area contributed by atoms with Crippen LogP contribution in [0.5, 0.6) is 0 Å². The number of hydrogen-bond acceptors (Lipinski definition) is 3. The molecular formula is C20H26ClN3O2. The van der Waals surface area contributed by atoms with Crippen molar-refractivity contribution in [1.29, 1.82) is 0 Å². The Morgan fingerprint density at radius 2 is 2.04 bits per heavy atom. The Morgan fingerprint density at radius 1 is 1.19 bits per heavy atom. The molecule has 2 saturated heterocycles. The van der Waals surface area contributed by atoms with E-state index in [0.717, 1.165) is 38.0 Å². The predicted molar refractivity (Wildman–Crippen MR) is 102 cm³/mol. The normalized spacial score (nSPS) is 27.0. The summed E-state index contributed by atoms with van der Waals surface area (Å²) in [6.45, 7) is 3.11. The van der Waals surface area contributed by atoms with Crippen LogP contribution >= 0.6 is 11.6 Å². The molecule has 6 heteroatoms. The minimum Gasteiger partial charge on any atom is -0.356 e. The van der Waals surface area contributed by atoms with E-state index in [1.807, 2.05) is 29.2 Å². The molecule has 0 radical (unpaired) electrons. The minimum atomic E-state index is -0.118. The van der Waals surface area contributed by atoms with Crippen molar-refractivity contribution in [3.63, 3.8) is 0 Å². The second-order valence-electron chi connectivity index (χ2n) is 7.80. The minimum absolute atomic E-state index is 0.00974. The van der Waals surface area contributed by atoms with E-state index in [-0.39, 0.29) is 23.8 Å². The topological polar surface area (TPSA) is 52.7 Å². The molecule has 0 aromatic heterocycles. The number of anilines is 1. The number of nitrogens with zero attached hydrogens (tertiary/aromatic N) is 2. The van der Waals surface area contributed by atoms with Gasteiger partial charge in [0.25, 0.3) is 0 Å². The smallest absolute Gasteiger partial charge is 0.244 e. The molecule has 140 valence electrons. The quantitative estimate of drug-likeness (QED) is 0.860. The van der Waals surface area contributed by atoms with Crippen molar-refractivity contribution in [2.24, 2.45) is 11.8 Å². The number of rotatable bonds is 5. The molecule has 0 bridgehead atoms. The number of likely N-dealkylation sites (tertiary alicyclic amines) is 1. The number of amides is 2. The molecule has 1 aromatic carbocycles. The van der Waals surface area contributed by atoms with Crippen LogP contribution in [0.1, 0.15) is 32.1 Å². The van der Waals surface area contributed by atoms with E-state index in [4.69, 9.17) is 11.6 Å². The number of nitrogens with one attached hydrogen (secondary N) is 1. The van der Waals surface area contributed by atoms with Crippen LogP contribution in [0.2, 0.25) is 5.02 Å². The number of carbonyl (C=O) groups excluding carboxylic acids is 2. The number of halogens is 1. The van der Waals surface area contributed by atoms with Gasteiger partial charge in [-0.3, -0.25) is 14.5 Å². The second-order valence-corrected chi connectivity index (χ2v) is 8.23. The number of carbonyl (C=O) groups is 2. The lowest BCUT2D eigenvalue weighted by Crippen LogP contribution is -2.50. The third kappa shape index (κ3) is 3.89. The first-order valence-electron chi connectivity index (χ1n) is 9.70. The molecule has 1 aliphatic carbocycles. The van der Waals surface area contributed by atoms with Crippen LogP contribution in [-0.2, 0) is 9.59 Å². The maximum atomic E-state index is 13.0. The van der Waals surface area contributed by atoms with E-state index in [1.54, 1.807) is 0 Å². The zero-order valence-electron chi connectivity index (χ0n) is 15.0. The van der Waals surface area contributed by atoms with Gasteiger partial charge in [0.15, 0.2) is 0 Å². The van der Waals surface area contributed by atoms with Crippen LogP contribution in [0.25, 0.3) is 0 Å². The Bertz CT molecular complexity index is 691. The zero-order valence-corrected chi connectivity index (χ0v) is 15.8. The summed E-state index contributed by atoms with van der Waals surface area (Å²) in [6.07, 6.45) is 5.19. The molecule has 2 unspecified atom stereocenters. The van der Waals surface area contributed by atoms with Crippen molar-refractivity contribution in [3.8, 4) is 0 Å².